The van der Waals surface area contributed by atoms with Crippen molar-refractivity contribution in [2.24, 2.45) is 11.8 Å². The highest BCUT2D eigenvalue weighted by molar-refractivity contribution is 5.83. The molecule has 0 unspecified atom stereocenters. The van der Waals surface area contributed by atoms with Gasteiger partial charge in [-0.25, -0.2) is 0 Å². The molecule has 1 aromatic carbocycles. The summed E-state index contributed by atoms with van der Waals surface area (Å²) in [5.41, 5.74) is 0. The predicted molar refractivity (Wildman–Crippen MR) is 122 cm³/mol. The van der Waals surface area contributed by atoms with E-state index in [0.717, 1.165) is 50.7 Å². The fourth-order valence-corrected chi connectivity index (χ4v) is 4.18. The highest BCUT2D eigenvalue weighted by Crippen LogP contribution is 2.34. The van der Waals surface area contributed by atoms with Crippen LogP contribution < -0.4 is 4.74 Å². The second kappa shape index (κ2) is 14.8. The number of carbonyl (C=O) groups excluding carboxylic acids is 2. The smallest absolute Gasteiger partial charge is 0.305 e. The van der Waals surface area contributed by atoms with Crippen LogP contribution in [0.15, 0.2) is 42.5 Å². The number of allylic oxidation sites excluding steroid dienone is 1. The van der Waals surface area contributed by atoms with Gasteiger partial charge in [-0.05, 0) is 37.3 Å². The predicted octanol–water partition coefficient (Wildman–Crippen LogP) is 5.26. The van der Waals surface area contributed by atoms with Crippen LogP contribution in [0.4, 0.5) is 0 Å². The third-order valence-corrected chi connectivity index (χ3v) is 6.02. The fraction of sp³-hybridized carbons (Fsp3) is 0.615. The lowest BCUT2D eigenvalue weighted by atomic mass is 9.89. The number of aliphatic hydroxyl groups excluding tert-OH is 1. The maximum absolute atomic E-state index is 12.3. The maximum Gasteiger partial charge on any atom is 0.305 e. The van der Waals surface area contributed by atoms with Gasteiger partial charge in [-0.15, -0.1) is 0 Å². The molecule has 0 radical (unpaired) electrons. The summed E-state index contributed by atoms with van der Waals surface area (Å²) >= 11 is 0. The molecule has 0 aliphatic heterocycles. The summed E-state index contributed by atoms with van der Waals surface area (Å²) in [6.07, 6.45) is 13.8. The molecule has 31 heavy (non-hydrogen) atoms. The van der Waals surface area contributed by atoms with Gasteiger partial charge >= 0.3 is 5.97 Å². The van der Waals surface area contributed by atoms with E-state index >= 15 is 0 Å². The standard InChI is InChI=1S/C26H38O5/c1-30-26(29)15-11-6-4-2-3-5-10-14-24-21(17-19-25(24)28)16-18-22(27)20-31-23-12-8-7-9-13-23/h7-9,12-13,16,18,21-22,24,27H,2-6,10-11,14-15,17,19-20H2,1H3/b18-16+/t21-,22-,24+/m0/s1. The van der Waals surface area contributed by atoms with Crippen molar-refractivity contribution in [3.8, 4) is 5.75 Å². The number of ether oxygens (including phenoxy) is 2. The van der Waals surface area contributed by atoms with Crippen LogP contribution in [0.2, 0.25) is 0 Å². The molecule has 0 saturated heterocycles. The zero-order valence-electron chi connectivity index (χ0n) is 18.8. The first-order valence-corrected chi connectivity index (χ1v) is 11.7. The summed E-state index contributed by atoms with van der Waals surface area (Å²) in [7, 11) is 1.43. The average molecular weight is 431 g/mol. The second-order valence-corrected chi connectivity index (χ2v) is 8.44. The summed E-state index contributed by atoms with van der Waals surface area (Å²) in [6.45, 7) is 0.214. The molecule has 0 spiro atoms. The quantitative estimate of drug-likeness (QED) is 0.233. The monoisotopic (exact) mass is 430 g/mol. The summed E-state index contributed by atoms with van der Waals surface area (Å²) in [5.74, 6) is 1.32. The fourth-order valence-electron chi connectivity index (χ4n) is 4.18. The van der Waals surface area contributed by atoms with E-state index in [1.807, 2.05) is 36.4 Å². The van der Waals surface area contributed by atoms with Gasteiger partial charge in [-0.2, -0.15) is 0 Å². The summed E-state index contributed by atoms with van der Waals surface area (Å²) in [6, 6.07) is 9.46. The summed E-state index contributed by atoms with van der Waals surface area (Å²) in [5, 5.41) is 10.2. The Morgan fingerprint density at radius 3 is 2.48 bits per heavy atom. The van der Waals surface area contributed by atoms with Crippen molar-refractivity contribution in [2.75, 3.05) is 13.7 Å². The van der Waals surface area contributed by atoms with E-state index in [4.69, 9.17) is 4.74 Å². The van der Waals surface area contributed by atoms with Crippen LogP contribution >= 0.6 is 0 Å². The van der Waals surface area contributed by atoms with Crippen LogP contribution in [-0.2, 0) is 14.3 Å². The third kappa shape index (κ3) is 10.1. The van der Waals surface area contributed by atoms with Crippen LogP contribution in [0.3, 0.4) is 0 Å². The largest absolute Gasteiger partial charge is 0.491 e. The molecule has 0 bridgehead atoms. The number of esters is 1. The van der Waals surface area contributed by atoms with Gasteiger partial charge in [-0.1, -0.05) is 68.9 Å². The molecule has 2 rings (SSSR count). The third-order valence-electron chi connectivity index (χ3n) is 6.02. The van der Waals surface area contributed by atoms with Crippen molar-refractivity contribution in [1.29, 1.82) is 0 Å². The van der Waals surface area contributed by atoms with Crippen molar-refractivity contribution in [3.05, 3.63) is 42.5 Å². The number of unbranched alkanes of at least 4 members (excludes halogenated alkanes) is 6. The van der Waals surface area contributed by atoms with Crippen molar-refractivity contribution in [1.82, 2.24) is 0 Å². The molecule has 172 valence electrons. The zero-order chi connectivity index (χ0) is 22.3. The highest BCUT2D eigenvalue weighted by atomic mass is 16.5. The lowest BCUT2D eigenvalue weighted by Crippen LogP contribution is -2.17. The molecule has 1 N–H and O–H groups in total. The number of methoxy groups -OCH3 is 1. The van der Waals surface area contributed by atoms with E-state index in [2.05, 4.69) is 4.74 Å². The van der Waals surface area contributed by atoms with Gasteiger partial charge in [0, 0.05) is 18.8 Å². The Bertz CT molecular complexity index is 670. The Hall–Kier alpha value is -2.14. The number of aliphatic hydroxyl groups is 1. The normalized spacial score (nSPS) is 19.6. The summed E-state index contributed by atoms with van der Waals surface area (Å²) < 4.78 is 10.2. The molecule has 1 aliphatic rings. The molecular weight excluding hydrogens is 392 g/mol. The average Bonchev–Trinajstić information content (AvgIpc) is 3.14. The number of benzene rings is 1. The molecule has 1 saturated carbocycles. The van der Waals surface area contributed by atoms with Gasteiger partial charge in [-0.3, -0.25) is 9.59 Å². The number of rotatable bonds is 15. The van der Waals surface area contributed by atoms with Crippen molar-refractivity contribution < 1.29 is 24.2 Å². The maximum atomic E-state index is 12.3. The van der Waals surface area contributed by atoms with Crippen LogP contribution in [-0.4, -0.2) is 36.7 Å². The zero-order valence-corrected chi connectivity index (χ0v) is 18.8. The molecule has 0 heterocycles. The van der Waals surface area contributed by atoms with Gasteiger partial charge in [0.2, 0.25) is 0 Å². The van der Waals surface area contributed by atoms with Gasteiger partial charge in [0.25, 0.3) is 0 Å². The first kappa shape index (κ1) is 25.1. The van der Waals surface area contributed by atoms with E-state index in [0.29, 0.717) is 18.6 Å². The minimum atomic E-state index is -0.671. The number of hydrogen-bond donors (Lipinski definition) is 1. The molecule has 0 aromatic heterocycles. The Morgan fingerprint density at radius 2 is 1.77 bits per heavy atom. The van der Waals surface area contributed by atoms with Crippen LogP contribution in [0, 0.1) is 11.8 Å². The van der Waals surface area contributed by atoms with Crippen LogP contribution in [0.5, 0.6) is 5.75 Å². The molecule has 0 amide bonds. The topological polar surface area (TPSA) is 72.8 Å². The van der Waals surface area contributed by atoms with Crippen LogP contribution in [0.25, 0.3) is 0 Å². The first-order chi connectivity index (χ1) is 15.1. The number of carbonyl (C=O) groups is 2. The highest BCUT2D eigenvalue weighted by Gasteiger charge is 2.32. The Morgan fingerprint density at radius 1 is 1.10 bits per heavy atom. The molecule has 1 fully saturated rings. The number of Topliss-reactive ketones (excluding diaryl/α,β-unsaturated/α-hetero) is 1. The number of para-hydroxylation sites is 1. The minimum absolute atomic E-state index is 0.0959. The van der Waals surface area contributed by atoms with Gasteiger partial charge < -0.3 is 14.6 Å². The molecule has 1 aliphatic carbocycles. The Labute approximate surface area is 186 Å². The lowest BCUT2D eigenvalue weighted by molar-refractivity contribution is -0.140. The molecule has 3 atom stereocenters. The van der Waals surface area contributed by atoms with E-state index < -0.39 is 6.10 Å². The lowest BCUT2D eigenvalue weighted by Gasteiger charge is -2.16. The van der Waals surface area contributed by atoms with Crippen molar-refractivity contribution in [3.63, 3.8) is 0 Å². The molecular formula is C26H38O5. The van der Waals surface area contributed by atoms with Crippen molar-refractivity contribution in [2.45, 2.75) is 76.7 Å². The first-order valence-electron chi connectivity index (χ1n) is 11.7. The van der Waals surface area contributed by atoms with Crippen molar-refractivity contribution >= 4 is 11.8 Å². The molecule has 1 aromatic rings. The summed E-state index contributed by atoms with van der Waals surface area (Å²) in [4.78, 5) is 23.4. The second-order valence-electron chi connectivity index (χ2n) is 8.44. The van der Waals surface area contributed by atoms with E-state index in [9.17, 15) is 14.7 Å². The van der Waals surface area contributed by atoms with E-state index in [1.165, 1.54) is 20.0 Å². The van der Waals surface area contributed by atoms with Crippen LogP contribution in [0.1, 0.15) is 70.6 Å². The SMILES string of the molecule is COC(=O)CCCCCCCCC[C@H]1C(=O)CC[C@@H]1/C=C/[C@H](O)COc1ccccc1. The Balaban J connectivity index is 1.59. The van der Waals surface area contributed by atoms with Gasteiger partial charge in [0.1, 0.15) is 24.2 Å². The van der Waals surface area contributed by atoms with E-state index in [-0.39, 0.29) is 24.4 Å². The van der Waals surface area contributed by atoms with E-state index in [1.54, 1.807) is 6.08 Å². The minimum Gasteiger partial charge on any atom is -0.491 e. The number of hydrogen-bond acceptors (Lipinski definition) is 5. The van der Waals surface area contributed by atoms with Gasteiger partial charge in [0.05, 0.1) is 7.11 Å². The number of ketones is 1. The molecule has 5 nitrogen and oxygen atoms in total. The Kier molecular flexibility index (Phi) is 12.0. The molecule has 5 heteroatoms. The van der Waals surface area contributed by atoms with Gasteiger partial charge in [0.15, 0.2) is 0 Å².